The Bertz CT molecular complexity index is 444. The lowest BCUT2D eigenvalue weighted by Gasteiger charge is -2.40. The lowest BCUT2D eigenvalue weighted by Crippen LogP contribution is -2.56. The van der Waals surface area contributed by atoms with Gasteiger partial charge in [-0.2, -0.15) is 0 Å². The monoisotopic (exact) mass is 260 g/mol. The SMILES string of the molecule is C=CCN(C(=O)C(C)(N)c1ccccc1)C(C)(C)C. The van der Waals surface area contributed by atoms with E-state index in [-0.39, 0.29) is 11.4 Å². The smallest absolute Gasteiger partial charge is 0.247 e. The molecule has 0 saturated carbocycles. The Morgan fingerprint density at radius 1 is 1.26 bits per heavy atom. The predicted molar refractivity (Wildman–Crippen MR) is 79.6 cm³/mol. The van der Waals surface area contributed by atoms with Gasteiger partial charge in [-0.15, -0.1) is 6.58 Å². The van der Waals surface area contributed by atoms with Crippen LogP contribution < -0.4 is 5.73 Å². The standard InChI is InChI=1S/C16H24N2O/c1-6-12-18(15(2,3)4)14(19)16(5,17)13-10-8-7-9-11-13/h6-11H,1,12,17H2,2-5H3. The number of carbonyl (C=O) groups excluding carboxylic acids is 1. The molecule has 1 aromatic carbocycles. The Hall–Kier alpha value is -1.61. The molecule has 0 aliphatic carbocycles. The molecule has 0 fully saturated rings. The van der Waals surface area contributed by atoms with Crippen molar-refractivity contribution in [2.24, 2.45) is 5.73 Å². The summed E-state index contributed by atoms with van der Waals surface area (Å²) >= 11 is 0. The molecule has 1 rings (SSSR count). The van der Waals surface area contributed by atoms with Gasteiger partial charge in [-0.3, -0.25) is 4.79 Å². The van der Waals surface area contributed by atoms with Crippen molar-refractivity contribution in [3.05, 3.63) is 48.6 Å². The van der Waals surface area contributed by atoms with Crippen molar-refractivity contribution in [2.75, 3.05) is 6.54 Å². The summed E-state index contributed by atoms with van der Waals surface area (Å²) in [7, 11) is 0. The number of nitrogens with two attached hydrogens (primary N) is 1. The van der Waals surface area contributed by atoms with Gasteiger partial charge in [0.15, 0.2) is 0 Å². The number of carbonyl (C=O) groups is 1. The lowest BCUT2D eigenvalue weighted by atomic mass is 9.89. The van der Waals surface area contributed by atoms with Crippen LogP contribution in [0.4, 0.5) is 0 Å². The molecule has 0 aliphatic rings. The maximum atomic E-state index is 12.8. The van der Waals surface area contributed by atoms with E-state index in [0.29, 0.717) is 6.54 Å². The summed E-state index contributed by atoms with van der Waals surface area (Å²) in [6, 6.07) is 9.46. The molecule has 0 aromatic heterocycles. The summed E-state index contributed by atoms with van der Waals surface area (Å²) in [5.41, 5.74) is 5.78. The van der Waals surface area contributed by atoms with Gasteiger partial charge in [0.2, 0.25) is 5.91 Å². The maximum absolute atomic E-state index is 12.8. The summed E-state index contributed by atoms with van der Waals surface area (Å²) < 4.78 is 0. The number of benzene rings is 1. The van der Waals surface area contributed by atoms with Gasteiger partial charge in [-0.05, 0) is 33.3 Å². The van der Waals surface area contributed by atoms with Crippen molar-refractivity contribution >= 4 is 5.91 Å². The highest BCUT2D eigenvalue weighted by Crippen LogP contribution is 2.24. The molecule has 19 heavy (non-hydrogen) atoms. The van der Waals surface area contributed by atoms with Crippen LogP contribution >= 0.6 is 0 Å². The average molecular weight is 260 g/mol. The molecular formula is C16H24N2O. The molecule has 3 heteroatoms. The summed E-state index contributed by atoms with van der Waals surface area (Å²) in [6.07, 6.45) is 1.73. The second-order valence-corrected chi connectivity index (χ2v) is 5.94. The number of hydrogen-bond acceptors (Lipinski definition) is 2. The molecule has 1 amide bonds. The van der Waals surface area contributed by atoms with E-state index >= 15 is 0 Å². The first-order chi connectivity index (χ1) is 8.71. The van der Waals surface area contributed by atoms with Gasteiger partial charge < -0.3 is 10.6 Å². The topological polar surface area (TPSA) is 46.3 Å². The van der Waals surface area contributed by atoms with Crippen LogP contribution in [0.15, 0.2) is 43.0 Å². The first-order valence-electron chi connectivity index (χ1n) is 6.48. The fourth-order valence-electron chi connectivity index (χ4n) is 1.98. The van der Waals surface area contributed by atoms with Crippen molar-refractivity contribution in [1.29, 1.82) is 0 Å². The zero-order valence-corrected chi connectivity index (χ0v) is 12.3. The van der Waals surface area contributed by atoms with Crippen molar-refractivity contribution in [2.45, 2.75) is 38.8 Å². The molecule has 0 saturated heterocycles. The summed E-state index contributed by atoms with van der Waals surface area (Å²) in [6.45, 7) is 11.9. The van der Waals surface area contributed by atoms with Crippen LogP contribution in [0.25, 0.3) is 0 Å². The van der Waals surface area contributed by atoms with E-state index in [2.05, 4.69) is 6.58 Å². The van der Waals surface area contributed by atoms with Crippen LogP contribution in [-0.2, 0) is 10.3 Å². The van der Waals surface area contributed by atoms with Crippen molar-refractivity contribution in [3.63, 3.8) is 0 Å². The first-order valence-corrected chi connectivity index (χ1v) is 6.48. The van der Waals surface area contributed by atoms with Crippen molar-refractivity contribution < 1.29 is 4.79 Å². The second-order valence-electron chi connectivity index (χ2n) is 5.94. The summed E-state index contributed by atoms with van der Waals surface area (Å²) in [5.74, 6) is -0.0916. The highest BCUT2D eigenvalue weighted by atomic mass is 16.2. The van der Waals surface area contributed by atoms with E-state index in [4.69, 9.17) is 5.73 Å². The van der Waals surface area contributed by atoms with Gasteiger partial charge in [0.05, 0.1) is 0 Å². The van der Waals surface area contributed by atoms with E-state index in [1.165, 1.54) is 0 Å². The van der Waals surface area contributed by atoms with Crippen LogP contribution in [0, 0.1) is 0 Å². The van der Waals surface area contributed by atoms with Crippen molar-refractivity contribution in [1.82, 2.24) is 4.90 Å². The summed E-state index contributed by atoms with van der Waals surface area (Å²) in [4.78, 5) is 14.5. The van der Waals surface area contributed by atoms with Gasteiger partial charge >= 0.3 is 0 Å². The molecule has 0 aliphatic heterocycles. The van der Waals surface area contributed by atoms with E-state index in [9.17, 15) is 4.79 Å². The lowest BCUT2D eigenvalue weighted by molar-refractivity contribution is -0.140. The molecule has 0 radical (unpaired) electrons. The number of rotatable bonds is 4. The third-order valence-electron chi connectivity index (χ3n) is 3.18. The van der Waals surface area contributed by atoms with Crippen LogP contribution in [0.3, 0.4) is 0 Å². The number of nitrogens with zero attached hydrogens (tertiary/aromatic N) is 1. The fourth-order valence-corrected chi connectivity index (χ4v) is 1.98. The highest BCUT2D eigenvalue weighted by molar-refractivity contribution is 5.87. The van der Waals surface area contributed by atoms with E-state index in [0.717, 1.165) is 5.56 Å². The minimum absolute atomic E-state index is 0.0916. The van der Waals surface area contributed by atoms with Gasteiger partial charge in [0.25, 0.3) is 0 Å². The Morgan fingerprint density at radius 3 is 2.21 bits per heavy atom. The van der Waals surface area contributed by atoms with Crippen LogP contribution in [0.2, 0.25) is 0 Å². The predicted octanol–water partition coefficient (Wildman–Crippen LogP) is 2.67. The third kappa shape index (κ3) is 3.44. The van der Waals surface area contributed by atoms with Crippen LogP contribution in [0.1, 0.15) is 33.3 Å². The largest absolute Gasteiger partial charge is 0.332 e. The Morgan fingerprint density at radius 2 is 1.79 bits per heavy atom. The fraction of sp³-hybridized carbons (Fsp3) is 0.438. The Kier molecular flexibility index (Phi) is 4.53. The van der Waals surface area contributed by atoms with Crippen molar-refractivity contribution in [3.8, 4) is 0 Å². The van der Waals surface area contributed by atoms with E-state index < -0.39 is 5.54 Å². The van der Waals surface area contributed by atoms with Gasteiger partial charge in [0.1, 0.15) is 5.54 Å². The van der Waals surface area contributed by atoms with E-state index in [1.54, 1.807) is 17.9 Å². The quantitative estimate of drug-likeness (QED) is 0.846. The third-order valence-corrected chi connectivity index (χ3v) is 3.18. The molecule has 1 aromatic rings. The highest BCUT2D eigenvalue weighted by Gasteiger charge is 2.38. The normalized spacial score (nSPS) is 14.6. The average Bonchev–Trinajstić information content (AvgIpc) is 2.34. The number of amides is 1. The maximum Gasteiger partial charge on any atom is 0.247 e. The Labute approximate surface area is 116 Å². The van der Waals surface area contributed by atoms with Gasteiger partial charge in [-0.25, -0.2) is 0 Å². The molecule has 1 unspecified atom stereocenters. The van der Waals surface area contributed by atoms with Gasteiger partial charge in [-0.1, -0.05) is 36.4 Å². The zero-order valence-electron chi connectivity index (χ0n) is 12.3. The molecule has 0 spiro atoms. The zero-order chi connectivity index (χ0) is 14.7. The minimum Gasteiger partial charge on any atom is -0.332 e. The molecule has 1 atom stereocenters. The van der Waals surface area contributed by atoms with Gasteiger partial charge in [0, 0.05) is 12.1 Å². The Balaban J connectivity index is 3.12. The first kappa shape index (κ1) is 15.4. The van der Waals surface area contributed by atoms with Crippen LogP contribution in [0.5, 0.6) is 0 Å². The second kappa shape index (κ2) is 5.57. The molecule has 0 heterocycles. The molecular weight excluding hydrogens is 236 g/mol. The molecule has 2 N–H and O–H groups in total. The van der Waals surface area contributed by atoms with E-state index in [1.807, 2.05) is 51.1 Å². The van der Waals surface area contributed by atoms with Crippen LogP contribution in [-0.4, -0.2) is 22.9 Å². The molecule has 104 valence electrons. The number of hydrogen-bond donors (Lipinski definition) is 1. The minimum atomic E-state index is -1.03. The molecule has 3 nitrogen and oxygen atoms in total. The summed E-state index contributed by atoms with van der Waals surface area (Å²) in [5, 5.41) is 0. The molecule has 0 bridgehead atoms.